The number of carbonyl (C=O) groups is 2. The van der Waals surface area contributed by atoms with E-state index >= 15 is 0 Å². The first-order valence-corrected chi connectivity index (χ1v) is 8.25. The lowest BCUT2D eigenvalue weighted by Gasteiger charge is -2.25. The number of carbonyl (C=O) groups excluding carboxylic acids is 1. The lowest BCUT2D eigenvalue weighted by molar-refractivity contribution is -0.137. The molecule has 4 heteroatoms. The molecule has 3 rings (SSSR count). The van der Waals surface area contributed by atoms with Crippen LogP contribution in [0.5, 0.6) is 0 Å². The Bertz CT molecular complexity index is 752. The summed E-state index contributed by atoms with van der Waals surface area (Å²) in [4.78, 5) is 25.7. The zero-order chi connectivity index (χ0) is 17.1. The van der Waals surface area contributed by atoms with E-state index in [2.05, 4.69) is 4.90 Å². The number of aryl methyl sites for hydroxylation is 1. The maximum atomic E-state index is 12.6. The highest BCUT2D eigenvalue weighted by Gasteiger charge is 2.26. The summed E-state index contributed by atoms with van der Waals surface area (Å²) >= 11 is 0. The second-order valence-electron chi connectivity index (χ2n) is 6.28. The summed E-state index contributed by atoms with van der Waals surface area (Å²) in [6.45, 7) is 2.80. The first kappa shape index (κ1) is 16.2. The standard InChI is InChI=1S/C20H21NO3/c1-14-5-2-3-7-18(14)20(24)15-8-10-16(11-9-15)21-12-4-6-17(21)13-19(22)23/h2-3,5,7-11,17H,4,6,12-13H2,1H3,(H,22,23)/t17-/m0/s1. The molecule has 0 amide bonds. The molecule has 1 saturated heterocycles. The zero-order valence-electron chi connectivity index (χ0n) is 13.7. The predicted molar refractivity (Wildman–Crippen MR) is 93.7 cm³/mol. The van der Waals surface area contributed by atoms with E-state index in [1.54, 1.807) is 0 Å². The van der Waals surface area contributed by atoms with Gasteiger partial charge in [0.05, 0.1) is 6.42 Å². The van der Waals surface area contributed by atoms with Crippen LogP contribution in [0, 0.1) is 6.92 Å². The average molecular weight is 323 g/mol. The fourth-order valence-corrected chi connectivity index (χ4v) is 3.38. The molecule has 0 spiro atoms. The Labute approximate surface area is 141 Å². The molecule has 124 valence electrons. The molecule has 2 aromatic carbocycles. The third-order valence-corrected chi connectivity index (χ3v) is 4.64. The summed E-state index contributed by atoms with van der Waals surface area (Å²) < 4.78 is 0. The van der Waals surface area contributed by atoms with Gasteiger partial charge in [-0.25, -0.2) is 0 Å². The first-order chi connectivity index (χ1) is 11.6. The Kier molecular flexibility index (Phi) is 4.65. The number of hydrogen-bond acceptors (Lipinski definition) is 3. The molecule has 0 bridgehead atoms. The zero-order valence-corrected chi connectivity index (χ0v) is 13.7. The van der Waals surface area contributed by atoms with Gasteiger partial charge < -0.3 is 10.0 Å². The van der Waals surface area contributed by atoms with E-state index < -0.39 is 5.97 Å². The number of aliphatic carboxylic acids is 1. The largest absolute Gasteiger partial charge is 0.481 e. The minimum Gasteiger partial charge on any atom is -0.481 e. The van der Waals surface area contributed by atoms with E-state index in [9.17, 15) is 9.59 Å². The minimum atomic E-state index is -0.766. The summed E-state index contributed by atoms with van der Waals surface area (Å²) in [7, 11) is 0. The first-order valence-electron chi connectivity index (χ1n) is 8.25. The third kappa shape index (κ3) is 3.32. The van der Waals surface area contributed by atoms with Crippen molar-refractivity contribution >= 4 is 17.4 Å². The van der Waals surface area contributed by atoms with Gasteiger partial charge in [0.25, 0.3) is 0 Å². The van der Waals surface area contributed by atoms with E-state index in [4.69, 9.17) is 5.11 Å². The van der Waals surface area contributed by atoms with Crippen LogP contribution in [0.4, 0.5) is 5.69 Å². The van der Waals surface area contributed by atoms with Crippen molar-refractivity contribution in [1.29, 1.82) is 0 Å². The van der Waals surface area contributed by atoms with Crippen molar-refractivity contribution in [3.63, 3.8) is 0 Å². The molecule has 0 aromatic heterocycles. The van der Waals surface area contributed by atoms with Crippen molar-refractivity contribution in [2.24, 2.45) is 0 Å². The molecule has 1 heterocycles. The van der Waals surface area contributed by atoms with Gasteiger partial charge in [-0.3, -0.25) is 9.59 Å². The molecular weight excluding hydrogens is 302 g/mol. The van der Waals surface area contributed by atoms with Crippen LogP contribution in [0.2, 0.25) is 0 Å². The maximum absolute atomic E-state index is 12.6. The SMILES string of the molecule is Cc1ccccc1C(=O)c1ccc(N2CCC[C@H]2CC(=O)O)cc1. The van der Waals surface area contributed by atoms with E-state index in [0.29, 0.717) is 5.56 Å². The van der Waals surface area contributed by atoms with Gasteiger partial charge in [-0.15, -0.1) is 0 Å². The predicted octanol–water partition coefficient (Wildman–Crippen LogP) is 3.67. The van der Waals surface area contributed by atoms with Crippen LogP contribution in [0.1, 0.15) is 40.7 Å². The van der Waals surface area contributed by atoms with Crippen molar-refractivity contribution in [3.05, 3.63) is 65.2 Å². The second-order valence-corrected chi connectivity index (χ2v) is 6.28. The highest BCUT2D eigenvalue weighted by Crippen LogP contribution is 2.28. The summed E-state index contributed by atoms with van der Waals surface area (Å²) in [6, 6.07) is 15.1. The van der Waals surface area contributed by atoms with Gasteiger partial charge in [-0.05, 0) is 49.6 Å². The molecule has 0 radical (unpaired) electrons. The molecule has 1 atom stereocenters. The average Bonchev–Trinajstić information content (AvgIpc) is 3.02. The Balaban J connectivity index is 1.79. The van der Waals surface area contributed by atoms with E-state index in [0.717, 1.165) is 36.2 Å². The molecule has 1 aliphatic rings. The minimum absolute atomic E-state index is 0.0168. The third-order valence-electron chi connectivity index (χ3n) is 4.64. The Hall–Kier alpha value is -2.62. The highest BCUT2D eigenvalue weighted by atomic mass is 16.4. The van der Waals surface area contributed by atoms with Crippen molar-refractivity contribution in [3.8, 4) is 0 Å². The van der Waals surface area contributed by atoms with Crippen molar-refractivity contribution < 1.29 is 14.7 Å². The van der Waals surface area contributed by atoms with Gasteiger partial charge >= 0.3 is 5.97 Å². The molecule has 4 nitrogen and oxygen atoms in total. The van der Waals surface area contributed by atoms with Crippen molar-refractivity contribution in [1.82, 2.24) is 0 Å². The van der Waals surface area contributed by atoms with Crippen LogP contribution in [0.25, 0.3) is 0 Å². The monoisotopic (exact) mass is 323 g/mol. The van der Waals surface area contributed by atoms with E-state index in [1.165, 1.54) is 0 Å². The summed E-state index contributed by atoms with van der Waals surface area (Å²) in [5.41, 5.74) is 3.32. The summed E-state index contributed by atoms with van der Waals surface area (Å²) in [5, 5.41) is 9.04. The number of rotatable bonds is 5. The van der Waals surface area contributed by atoms with Crippen LogP contribution in [0.15, 0.2) is 48.5 Å². The Morgan fingerprint density at radius 1 is 1.12 bits per heavy atom. The van der Waals surface area contributed by atoms with Gasteiger partial charge in [0.2, 0.25) is 0 Å². The van der Waals surface area contributed by atoms with Gasteiger partial charge in [0, 0.05) is 29.4 Å². The van der Waals surface area contributed by atoms with Crippen LogP contribution in [0.3, 0.4) is 0 Å². The number of nitrogens with zero attached hydrogens (tertiary/aromatic N) is 1. The number of hydrogen-bond donors (Lipinski definition) is 1. The summed E-state index contributed by atoms with van der Waals surface area (Å²) in [5.74, 6) is -0.749. The lowest BCUT2D eigenvalue weighted by Crippen LogP contribution is -2.31. The van der Waals surface area contributed by atoms with Crippen molar-refractivity contribution in [2.75, 3.05) is 11.4 Å². The highest BCUT2D eigenvalue weighted by molar-refractivity contribution is 6.10. The molecule has 0 aliphatic carbocycles. The number of carboxylic acids is 1. The lowest BCUT2D eigenvalue weighted by atomic mass is 9.99. The van der Waals surface area contributed by atoms with Crippen LogP contribution >= 0.6 is 0 Å². The van der Waals surface area contributed by atoms with Gasteiger partial charge in [0.15, 0.2) is 5.78 Å². The normalized spacial score (nSPS) is 17.0. The van der Waals surface area contributed by atoms with Gasteiger partial charge in [-0.2, -0.15) is 0 Å². The summed E-state index contributed by atoms with van der Waals surface area (Å²) in [6.07, 6.45) is 2.06. The molecular formula is C20H21NO3. The molecule has 2 aromatic rings. The Morgan fingerprint density at radius 2 is 1.83 bits per heavy atom. The fraction of sp³-hybridized carbons (Fsp3) is 0.300. The second kappa shape index (κ2) is 6.87. The van der Waals surface area contributed by atoms with E-state index in [-0.39, 0.29) is 18.2 Å². The molecule has 1 fully saturated rings. The van der Waals surface area contributed by atoms with Gasteiger partial charge in [-0.1, -0.05) is 24.3 Å². The number of ketones is 1. The molecule has 0 unspecified atom stereocenters. The van der Waals surface area contributed by atoms with Gasteiger partial charge in [0.1, 0.15) is 0 Å². The van der Waals surface area contributed by atoms with Crippen LogP contribution in [-0.2, 0) is 4.79 Å². The van der Waals surface area contributed by atoms with Crippen LogP contribution < -0.4 is 4.90 Å². The van der Waals surface area contributed by atoms with E-state index in [1.807, 2.05) is 55.5 Å². The molecule has 1 aliphatic heterocycles. The number of benzene rings is 2. The fourth-order valence-electron chi connectivity index (χ4n) is 3.38. The molecule has 0 saturated carbocycles. The topological polar surface area (TPSA) is 57.6 Å². The smallest absolute Gasteiger partial charge is 0.305 e. The molecule has 24 heavy (non-hydrogen) atoms. The molecule has 1 N–H and O–H groups in total. The van der Waals surface area contributed by atoms with Crippen LogP contribution in [-0.4, -0.2) is 29.4 Å². The number of carboxylic acid groups (broad SMARTS) is 1. The van der Waals surface area contributed by atoms with Crippen molar-refractivity contribution in [2.45, 2.75) is 32.2 Å². The number of anilines is 1. The quantitative estimate of drug-likeness (QED) is 0.853. The maximum Gasteiger partial charge on any atom is 0.305 e. The Morgan fingerprint density at radius 3 is 2.50 bits per heavy atom.